The number of aryl methyl sites for hydroxylation is 1. The van der Waals surface area contributed by atoms with E-state index in [9.17, 15) is 4.79 Å². The van der Waals surface area contributed by atoms with Crippen LogP contribution in [0.5, 0.6) is 0 Å². The smallest absolute Gasteiger partial charge is 0.357 e. The number of anilines is 1. The highest BCUT2D eigenvalue weighted by molar-refractivity contribution is 7.15. The van der Waals surface area contributed by atoms with Gasteiger partial charge in [0.15, 0.2) is 10.8 Å². The van der Waals surface area contributed by atoms with Crippen LogP contribution < -0.4 is 4.90 Å². The second-order valence-electron chi connectivity index (χ2n) is 4.88. The van der Waals surface area contributed by atoms with Gasteiger partial charge in [-0.2, -0.15) is 0 Å². The summed E-state index contributed by atoms with van der Waals surface area (Å²) in [4.78, 5) is 19.3. The van der Waals surface area contributed by atoms with Crippen LogP contribution >= 0.6 is 11.3 Å². The molecule has 17 heavy (non-hydrogen) atoms. The zero-order chi connectivity index (χ0) is 12.0. The van der Waals surface area contributed by atoms with Crippen LogP contribution in [0, 0.1) is 12.8 Å². The van der Waals surface area contributed by atoms with Crippen molar-refractivity contribution in [1.82, 2.24) is 4.98 Å². The molecule has 4 nitrogen and oxygen atoms in total. The number of esters is 1. The Labute approximate surface area is 105 Å². The molecule has 2 unspecified atom stereocenters. The van der Waals surface area contributed by atoms with Crippen LogP contribution in [0.2, 0.25) is 0 Å². The van der Waals surface area contributed by atoms with Crippen molar-refractivity contribution in [3.8, 4) is 0 Å². The first-order valence-corrected chi connectivity index (χ1v) is 6.83. The minimum Gasteiger partial charge on any atom is -0.464 e. The number of fused-ring (bicyclic) bond motifs is 2. The summed E-state index contributed by atoms with van der Waals surface area (Å²) in [5, 5.41) is 0.995. The fourth-order valence-electron chi connectivity index (χ4n) is 2.95. The van der Waals surface area contributed by atoms with E-state index < -0.39 is 0 Å². The van der Waals surface area contributed by atoms with Crippen molar-refractivity contribution in [2.75, 3.05) is 18.6 Å². The molecule has 2 aliphatic rings. The van der Waals surface area contributed by atoms with E-state index in [2.05, 4.69) is 9.88 Å². The van der Waals surface area contributed by atoms with E-state index in [4.69, 9.17) is 4.74 Å². The third-order valence-corrected chi connectivity index (χ3v) is 4.83. The van der Waals surface area contributed by atoms with Crippen molar-refractivity contribution in [1.29, 1.82) is 0 Å². The summed E-state index contributed by atoms with van der Waals surface area (Å²) in [7, 11) is 1.40. The summed E-state index contributed by atoms with van der Waals surface area (Å²) in [5.74, 6) is 0.514. The second kappa shape index (κ2) is 3.98. The number of methoxy groups -OCH3 is 1. The number of hydrogen-bond donors (Lipinski definition) is 0. The average molecular weight is 252 g/mol. The predicted molar refractivity (Wildman–Crippen MR) is 66.7 cm³/mol. The van der Waals surface area contributed by atoms with E-state index in [1.165, 1.54) is 26.4 Å². The van der Waals surface area contributed by atoms with E-state index in [0.717, 1.165) is 22.5 Å². The van der Waals surface area contributed by atoms with Gasteiger partial charge in [-0.1, -0.05) is 0 Å². The monoisotopic (exact) mass is 252 g/mol. The molecule has 0 amide bonds. The third-order valence-electron chi connectivity index (χ3n) is 3.82. The summed E-state index contributed by atoms with van der Waals surface area (Å²) in [6, 6.07) is 0.649. The third kappa shape index (κ3) is 1.73. The molecule has 2 fully saturated rings. The molecule has 1 saturated heterocycles. The van der Waals surface area contributed by atoms with Crippen molar-refractivity contribution in [2.45, 2.75) is 32.2 Å². The van der Waals surface area contributed by atoms with Gasteiger partial charge in [0.05, 0.1) is 7.11 Å². The van der Waals surface area contributed by atoms with Crippen molar-refractivity contribution in [3.63, 3.8) is 0 Å². The molecule has 1 aromatic rings. The van der Waals surface area contributed by atoms with Crippen LogP contribution in [-0.2, 0) is 4.74 Å². The molecule has 1 saturated carbocycles. The Balaban J connectivity index is 1.87. The Morgan fingerprint density at radius 2 is 2.35 bits per heavy atom. The van der Waals surface area contributed by atoms with Gasteiger partial charge in [0.1, 0.15) is 0 Å². The quantitative estimate of drug-likeness (QED) is 0.757. The number of aromatic nitrogens is 1. The Bertz CT molecular complexity index is 457. The SMILES string of the molecule is COC(=O)c1nc(N2CC3CCC2C3)sc1C. The van der Waals surface area contributed by atoms with Crippen LogP contribution in [0.1, 0.15) is 34.6 Å². The maximum absolute atomic E-state index is 11.5. The minimum absolute atomic E-state index is 0.325. The van der Waals surface area contributed by atoms with E-state index in [0.29, 0.717) is 11.7 Å². The van der Waals surface area contributed by atoms with E-state index in [1.807, 2.05) is 6.92 Å². The predicted octanol–water partition coefficient (Wildman–Crippen LogP) is 2.23. The molecule has 2 heterocycles. The van der Waals surface area contributed by atoms with E-state index >= 15 is 0 Å². The number of nitrogens with zero attached hydrogens (tertiary/aromatic N) is 2. The Hall–Kier alpha value is -1.10. The molecule has 1 aromatic heterocycles. The fourth-order valence-corrected chi connectivity index (χ4v) is 3.93. The fraction of sp³-hybridized carbons (Fsp3) is 0.667. The van der Waals surface area contributed by atoms with E-state index in [-0.39, 0.29) is 5.97 Å². The first kappa shape index (κ1) is 11.0. The van der Waals surface area contributed by atoms with Crippen molar-refractivity contribution in [3.05, 3.63) is 10.6 Å². The van der Waals surface area contributed by atoms with Crippen molar-refractivity contribution in [2.24, 2.45) is 5.92 Å². The molecule has 2 bridgehead atoms. The average Bonchev–Trinajstić information content (AvgIpc) is 3.01. The number of ether oxygens (including phenoxy) is 1. The zero-order valence-electron chi connectivity index (χ0n) is 10.1. The highest BCUT2D eigenvalue weighted by Crippen LogP contribution is 2.41. The molecule has 1 aliphatic heterocycles. The summed E-state index contributed by atoms with van der Waals surface area (Å²) < 4.78 is 4.74. The first-order valence-electron chi connectivity index (χ1n) is 6.01. The van der Waals surface area contributed by atoms with Gasteiger partial charge in [0, 0.05) is 17.5 Å². The van der Waals surface area contributed by atoms with Crippen LogP contribution in [0.15, 0.2) is 0 Å². The zero-order valence-corrected chi connectivity index (χ0v) is 10.9. The van der Waals surface area contributed by atoms with Gasteiger partial charge in [0.2, 0.25) is 0 Å². The molecule has 2 atom stereocenters. The van der Waals surface area contributed by atoms with Gasteiger partial charge in [-0.15, -0.1) is 11.3 Å². The lowest BCUT2D eigenvalue weighted by molar-refractivity contribution is 0.0594. The van der Waals surface area contributed by atoms with Crippen LogP contribution in [0.25, 0.3) is 0 Å². The van der Waals surface area contributed by atoms with Gasteiger partial charge in [-0.3, -0.25) is 0 Å². The molecule has 0 spiro atoms. The molecule has 92 valence electrons. The summed E-state index contributed by atoms with van der Waals surface area (Å²) in [6.07, 6.45) is 3.93. The highest BCUT2D eigenvalue weighted by Gasteiger charge is 2.39. The van der Waals surface area contributed by atoms with Gasteiger partial charge < -0.3 is 9.64 Å². The standard InChI is InChI=1S/C12H16N2O2S/c1-7-10(11(15)16-2)13-12(17-7)14-6-8-3-4-9(14)5-8/h8-9H,3-6H2,1-2H3. The van der Waals surface area contributed by atoms with Crippen molar-refractivity contribution >= 4 is 22.4 Å². The minimum atomic E-state index is -0.325. The Morgan fingerprint density at radius 3 is 2.94 bits per heavy atom. The highest BCUT2D eigenvalue weighted by atomic mass is 32.1. The summed E-state index contributed by atoms with van der Waals surface area (Å²) >= 11 is 1.61. The summed E-state index contributed by atoms with van der Waals surface area (Å²) in [6.45, 7) is 3.04. The van der Waals surface area contributed by atoms with E-state index in [1.54, 1.807) is 11.3 Å². The normalized spacial score (nSPS) is 26.6. The van der Waals surface area contributed by atoms with Gasteiger partial charge in [-0.25, -0.2) is 9.78 Å². The number of rotatable bonds is 2. The second-order valence-corrected chi connectivity index (χ2v) is 6.06. The number of thiazole rings is 1. The van der Waals surface area contributed by atoms with Crippen LogP contribution in [0.3, 0.4) is 0 Å². The maximum Gasteiger partial charge on any atom is 0.357 e. The summed E-state index contributed by atoms with van der Waals surface area (Å²) in [5.41, 5.74) is 0.482. The number of carbonyl (C=O) groups excluding carboxylic acids is 1. The number of carbonyl (C=O) groups is 1. The lowest BCUT2D eigenvalue weighted by Crippen LogP contribution is -2.31. The van der Waals surface area contributed by atoms with Gasteiger partial charge in [-0.05, 0) is 32.1 Å². The van der Waals surface area contributed by atoms with Gasteiger partial charge >= 0.3 is 5.97 Å². The topological polar surface area (TPSA) is 42.4 Å². The number of piperidine rings is 1. The number of hydrogen-bond acceptors (Lipinski definition) is 5. The molecular weight excluding hydrogens is 236 g/mol. The first-order chi connectivity index (χ1) is 8.19. The lowest BCUT2D eigenvalue weighted by Gasteiger charge is -2.26. The Morgan fingerprint density at radius 1 is 1.53 bits per heavy atom. The van der Waals surface area contributed by atoms with Crippen LogP contribution in [0.4, 0.5) is 5.13 Å². The lowest BCUT2D eigenvalue weighted by atomic mass is 10.1. The maximum atomic E-state index is 11.5. The van der Waals surface area contributed by atoms with Crippen LogP contribution in [-0.4, -0.2) is 30.6 Å². The molecule has 3 rings (SSSR count). The Kier molecular flexibility index (Phi) is 2.58. The molecule has 0 radical (unpaired) electrons. The molecule has 5 heteroatoms. The molecule has 1 aliphatic carbocycles. The largest absolute Gasteiger partial charge is 0.464 e. The molecular formula is C12H16N2O2S. The van der Waals surface area contributed by atoms with Gasteiger partial charge in [0.25, 0.3) is 0 Å². The molecule has 0 aromatic carbocycles. The molecule has 0 N–H and O–H groups in total. The van der Waals surface area contributed by atoms with Crippen molar-refractivity contribution < 1.29 is 9.53 Å².